The van der Waals surface area contributed by atoms with Crippen LogP contribution in [-0.4, -0.2) is 5.54 Å². The molecule has 0 aromatic heterocycles. The smallest absolute Gasteiger partial charge is 0.0271 e. The zero-order chi connectivity index (χ0) is 12.6. The maximum absolute atomic E-state index is 6.50. The molecule has 18 heavy (non-hydrogen) atoms. The third-order valence-corrected chi connectivity index (χ3v) is 3.94. The van der Waals surface area contributed by atoms with Crippen LogP contribution in [0, 0.1) is 6.92 Å². The van der Waals surface area contributed by atoms with Crippen LogP contribution in [0.2, 0.25) is 0 Å². The molecule has 2 atom stereocenters. The predicted molar refractivity (Wildman–Crippen MR) is 75.6 cm³/mol. The van der Waals surface area contributed by atoms with E-state index in [1.807, 2.05) is 0 Å². The molecule has 2 N–H and O–H groups in total. The van der Waals surface area contributed by atoms with Crippen molar-refractivity contribution in [3.05, 3.63) is 71.3 Å². The number of rotatable bonds is 3. The van der Waals surface area contributed by atoms with E-state index < -0.39 is 0 Å². The Bertz CT molecular complexity index is 547. The van der Waals surface area contributed by atoms with E-state index in [2.05, 4.69) is 61.5 Å². The van der Waals surface area contributed by atoms with Crippen LogP contribution >= 0.6 is 0 Å². The summed E-state index contributed by atoms with van der Waals surface area (Å²) in [6, 6.07) is 19.3. The first-order chi connectivity index (χ1) is 8.67. The van der Waals surface area contributed by atoms with Gasteiger partial charge >= 0.3 is 0 Å². The Morgan fingerprint density at radius 2 is 1.89 bits per heavy atom. The molecule has 3 rings (SSSR count). The Labute approximate surface area is 109 Å². The van der Waals surface area contributed by atoms with Crippen LogP contribution in [0.4, 0.5) is 0 Å². The van der Waals surface area contributed by atoms with Crippen LogP contribution in [0.25, 0.3) is 0 Å². The van der Waals surface area contributed by atoms with Crippen molar-refractivity contribution in [3.8, 4) is 0 Å². The number of aryl methyl sites for hydroxylation is 1. The molecule has 1 aliphatic rings. The van der Waals surface area contributed by atoms with Gasteiger partial charge in [0.2, 0.25) is 0 Å². The van der Waals surface area contributed by atoms with Crippen LogP contribution in [0.3, 0.4) is 0 Å². The van der Waals surface area contributed by atoms with Gasteiger partial charge in [-0.25, -0.2) is 0 Å². The van der Waals surface area contributed by atoms with Crippen molar-refractivity contribution in [2.24, 2.45) is 5.73 Å². The Morgan fingerprint density at radius 3 is 2.61 bits per heavy atom. The van der Waals surface area contributed by atoms with Crippen molar-refractivity contribution in [1.82, 2.24) is 0 Å². The molecule has 0 amide bonds. The third kappa shape index (κ3) is 2.19. The van der Waals surface area contributed by atoms with Gasteiger partial charge < -0.3 is 5.73 Å². The van der Waals surface area contributed by atoms with Crippen LogP contribution in [0.15, 0.2) is 54.6 Å². The molecule has 2 aromatic rings. The van der Waals surface area contributed by atoms with E-state index in [9.17, 15) is 0 Å². The monoisotopic (exact) mass is 237 g/mol. The van der Waals surface area contributed by atoms with Gasteiger partial charge in [-0.1, -0.05) is 60.2 Å². The highest BCUT2D eigenvalue weighted by atomic mass is 14.9. The molecule has 1 aliphatic carbocycles. The zero-order valence-electron chi connectivity index (χ0n) is 10.8. The average Bonchev–Trinajstić information content (AvgIpc) is 3.02. The fourth-order valence-electron chi connectivity index (χ4n) is 2.85. The summed E-state index contributed by atoms with van der Waals surface area (Å²) in [5.41, 5.74) is 10.5. The summed E-state index contributed by atoms with van der Waals surface area (Å²) in [6.45, 7) is 2.13. The molecule has 2 unspecified atom stereocenters. The van der Waals surface area contributed by atoms with Crippen LogP contribution in [0.1, 0.15) is 29.0 Å². The molecule has 0 aliphatic heterocycles. The second-order valence-corrected chi connectivity index (χ2v) is 5.57. The number of nitrogens with two attached hydrogens (primary N) is 1. The van der Waals surface area contributed by atoms with E-state index in [0.29, 0.717) is 5.92 Å². The minimum atomic E-state index is -0.0326. The summed E-state index contributed by atoms with van der Waals surface area (Å²) in [5, 5.41) is 0. The van der Waals surface area contributed by atoms with Gasteiger partial charge in [-0.05, 0) is 30.9 Å². The molecule has 1 fully saturated rings. The summed E-state index contributed by atoms with van der Waals surface area (Å²) < 4.78 is 0. The Hall–Kier alpha value is -1.60. The van der Waals surface area contributed by atoms with Gasteiger partial charge in [-0.2, -0.15) is 0 Å². The van der Waals surface area contributed by atoms with E-state index in [1.165, 1.54) is 16.7 Å². The molecule has 0 bridgehead atoms. The van der Waals surface area contributed by atoms with Gasteiger partial charge in [0, 0.05) is 11.5 Å². The quantitative estimate of drug-likeness (QED) is 0.869. The summed E-state index contributed by atoms with van der Waals surface area (Å²) >= 11 is 0. The molecule has 0 radical (unpaired) electrons. The van der Waals surface area contributed by atoms with Crippen molar-refractivity contribution in [2.45, 2.75) is 31.2 Å². The van der Waals surface area contributed by atoms with Crippen molar-refractivity contribution in [2.75, 3.05) is 0 Å². The standard InChI is InChI=1S/C17H19N/c1-13-6-5-7-14(10-13)11-17(18)12-16(17)15-8-3-2-4-9-15/h2-10,16H,11-12,18H2,1H3. The molecule has 1 nitrogen and oxygen atoms in total. The van der Waals surface area contributed by atoms with E-state index in [1.54, 1.807) is 0 Å². The van der Waals surface area contributed by atoms with Gasteiger partial charge in [0.05, 0.1) is 0 Å². The molecule has 1 saturated carbocycles. The topological polar surface area (TPSA) is 26.0 Å². The third-order valence-electron chi connectivity index (χ3n) is 3.94. The maximum atomic E-state index is 6.50. The van der Waals surface area contributed by atoms with Gasteiger partial charge in [-0.15, -0.1) is 0 Å². The van der Waals surface area contributed by atoms with E-state index in [-0.39, 0.29) is 5.54 Å². The summed E-state index contributed by atoms with van der Waals surface area (Å²) in [4.78, 5) is 0. The average molecular weight is 237 g/mol. The zero-order valence-corrected chi connectivity index (χ0v) is 10.8. The van der Waals surface area contributed by atoms with Crippen LogP contribution in [0.5, 0.6) is 0 Å². The van der Waals surface area contributed by atoms with Gasteiger partial charge in [0.15, 0.2) is 0 Å². The minimum absolute atomic E-state index is 0.0326. The van der Waals surface area contributed by atoms with E-state index >= 15 is 0 Å². The van der Waals surface area contributed by atoms with Gasteiger partial charge in [0.25, 0.3) is 0 Å². The van der Waals surface area contributed by atoms with Gasteiger partial charge in [0.1, 0.15) is 0 Å². The SMILES string of the molecule is Cc1cccc(CC2(N)CC2c2ccccc2)c1. The summed E-state index contributed by atoms with van der Waals surface area (Å²) in [5.74, 6) is 0.527. The predicted octanol–water partition coefficient (Wildman–Crippen LogP) is 3.42. The lowest BCUT2D eigenvalue weighted by molar-refractivity contribution is 0.646. The van der Waals surface area contributed by atoms with Crippen molar-refractivity contribution in [1.29, 1.82) is 0 Å². The first-order valence-corrected chi connectivity index (χ1v) is 6.57. The fraction of sp³-hybridized carbons (Fsp3) is 0.294. The molecule has 0 saturated heterocycles. The molecule has 1 heteroatoms. The number of hydrogen-bond donors (Lipinski definition) is 1. The number of benzene rings is 2. The molecular formula is C17H19N. The second kappa shape index (κ2) is 4.25. The van der Waals surface area contributed by atoms with E-state index in [0.717, 1.165) is 12.8 Å². The molecule has 2 aromatic carbocycles. The van der Waals surface area contributed by atoms with Crippen molar-refractivity contribution >= 4 is 0 Å². The maximum Gasteiger partial charge on any atom is 0.0271 e. The minimum Gasteiger partial charge on any atom is -0.324 e. The highest BCUT2D eigenvalue weighted by Gasteiger charge is 2.51. The highest BCUT2D eigenvalue weighted by molar-refractivity contribution is 5.36. The highest BCUT2D eigenvalue weighted by Crippen LogP contribution is 2.51. The van der Waals surface area contributed by atoms with Crippen LogP contribution in [-0.2, 0) is 6.42 Å². The first-order valence-electron chi connectivity index (χ1n) is 6.57. The molecule has 92 valence electrons. The largest absolute Gasteiger partial charge is 0.324 e. The first kappa shape index (κ1) is 11.5. The lowest BCUT2D eigenvalue weighted by atomic mass is 9.98. The lowest BCUT2D eigenvalue weighted by Gasteiger charge is -2.12. The Balaban J connectivity index is 1.75. The van der Waals surface area contributed by atoms with E-state index in [4.69, 9.17) is 5.73 Å². The van der Waals surface area contributed by atoms with Crippen molar-refractivity contribution in [3.63, 3.8) is 0 Å². The molecule has 0 spiro atoms. The Kier molecular flexibility index (Phi) is 2.71. The van der Waals surface area contributed by atoms with Crippen molar-refractivity contribution < 1.29 is 0 Å². The molecule has 0 heterocycles. The summed E-state index contributed by atoms with van der Waals surface area (Å²) in [6.07, 6.45) is 2.08. The van der Waals surface area contributed by atoms with Crippen LogP contribution < -0.4 is 5.73 Å². The molecular weight excluding hydrogens is 218 g/mol. The second-order valence-electron chi connectivity index (χ2n) is 5.57. The lowest BCUT2D eigenvalue weighted by Crippen LogP contribution is -2.27. The Morgan fingerprint density at radius 1 is 1.11 bits per heavy atom. The fourth-order valence-corrected chi connectivity index (χ4v) is 2.85. The summed E-state index contributed by atoms with van der Waals surface area (Å²) in [7, 11) is 0. The number of hydrogen-bond acceptors (Lipinski definition) is 1. The van der Waals surface area contributed by atoms with Gasteiger partial charge in [-0.3, -0.25) is 0 Å². The normalized spacial score (nSPS) is 26.0.